The molecule has 0 saturated heterocycles. The molecule has 3 amide bonds. The van der Waals surface area contributed by atoms with E-state index in [1.165, 1.54) is 0 Å². The van der Waals surface area contributed by atoms with Crippen molar-refractivity contribution < 1.29 is 19.2 Å². The second kappa shape index (κ2) is 11.1. The van der Waals surface area contributed by atoms with Gasteiger partial charge in [0.1, 0.15) is 12.3 Å². The van der Waals surface area contributed by atoms with E-state index in [4.69, 9.17) is 5.73 Å². The molecule has 1 heterocycles. The molecular formula is C21H29N5O4. The largest absolute Gasteiger partial charge is 0.361 e. The average molecular weight is 415 g/mol. The van der Waals surface area contributed by atoms with Gasteiger partial charge < -0.3 is 31.5 Å². The van der Waals surface area contributed by atoms with Gasteiger partial charge in [-0.05, 0) is 17.5 Å². The lowest BCUT2D eigenvalue weighted by atomic mass is 9.97. The first-order valence-electron chi connectivity index (χ1n) is 9.96. The van der Waals surface area contributed by atoms with E-state index in [0.29, 0.717) is 19.1 Å². The second-order valence-corrected chi connectivity index (χ2v) is 7.23. The van der Waals surface area contributed by atoms with Crippen LogP contribution in [0.2, 0.25) is 0 Å². The Kier molecular flexibility index (Phi) is 8.54. The van der Waals surface area contributed by atoms with E-state index in [1.54, 1.807) is 0 Å². The molecule has 6 N–H and O–H groups in total. The van der Waals surface area contributed by atoms with Crippen LogP contribution in [0, 0.1) is 5.92 Å². The molecule has 0 aliphatic rings. The predicted molar refractivity (Wildman–Crippen MR) is 113 cm³/mol. The van der Waals surface area contributed by atoms with Crippen LogP contribution in [0.15, 0.2) is 30.5 Å². The minimum absolute atomic E-state index is 0.167. The van der Waals surface area contributed by atoms with E-state index in [1.807, 2.05) is 44.3 Å². The minimum Gasteiger partial charge on any atom is -0.361 e. The Morgan fingerprint density at radius 1 is 1.17 bits per heavy atom. The average Bonchev–Trinajstić information content (AvgIpc) is 3.17. The number of H-pyrrole nitrogens is 1. The Balaban J connectivity index is 2.04. The Morgan fingerprint density at radius 3 is 2.57 bits per heavy atom. The molecule has 0 bridgehead atoms. The summed E-state index contributed by atoms with van der Waals surface area (Å²) >= 11 is 0. The molecule has 2 rings (SSSR count). The number of carbonyl (C=O) groups excluding carboxylic acids is 4. The molecule has 2 aromatic rings. The van der Waals surface area contributed by atoms with Gasteiger partial charge in [0.2, 0.25) is 17.7 Å². The van der Waals surface area contributed by atoms with Crippen molar-refractivity contribution in [1.29, 1.82) is 0 Å². The first-order chi connectivity index (χ1) is 14.4. The molecule has 0 saturated carbocycles. The maximum Gasteiger partial charge on any atom is 0.243 e. The summed E-state index contributed by atoms with van der Waals surface area (Å²) in [5, 5.41) is 8.71. The molecule has 30 heavy (non-hydrogen) atoms. The molecule has 162 valence electrons. The molecule has 0 aliphatic heterocycles. The normalized spacial score (nSPS) is 13.8. The highest BCUT2D eigenvalue weighted by molar-refractivity contribution is 5.91. The van der Waals surface area contributed by atoms with Crippen molar-refractivity contribution in [3.05, 3.63) is 36.0 Å². The topological polar surface area (TPSA) is 146 Å². The molecule has 3 atom stereocenters. The summed E-state index contributed by atoms with van der Waals surface area (Å²) in [4.78, 5) is 51.0. The van der Waals surface area contributed by atoms with E-state index in [0.717, 1.165) is 16.5 Å². The number of nitrogens with one attached hydrogen (secondary N) is 4. The number of aromatic nitrogens is 1. The minimum atomic E-state index is -0.831. The second-order valence-electron chi connectivity index (χ2n) is 7.23. The zero-order valence-electron chi connectivity index (χ0n) is 17.2. The summed E-state index contributed by atoms with van der Waals surface area (Å²) in [6, 6.07) is 6.14. The van der Waals surface area contributed by atoms with Crippen molar-refractivity contribution in [2.24, 2.45) is 11.7 Å². The number of carbonyl (C=O) groups is 4. The molecule has 1 aromatic heterocycles. The molecule has 0 aliphatic carbocycles. The fourth-order valence-electron chi connectivity index (χ4n) is 3.12. The third kappa shape index (κ3) is 6.15. The standard InChI is InChI=1S/C21H29N5O4/c1-3-13(2)20(26-19(29)11-24-18(28)9-22)21(30)25-15(12-27)8-14-10-23-17-7-5-4-6-16(14)17/h4-7,10,12-13,15,20,23H,3,8-9,11,22H2,1-2H3,(H,24,28)(H,25,30)(H,26,29)/t13-,15-,20-/m0/s1. The van der Waals surface area contributed by atoms with Crippen molar-refractivity contribution in [2.75, 3.05) is 13.1 Å². The van der Waals surface area contributed by atoms with E-state index in [9.17, 15) is 19.2 Å². The molecule has 0 radical (unpaired) electrons. The number of hydrogen-bond donors (Lipinski definition) is 5. The first-order valence-corrected chi connectivity index (χ1v) is 9.96. The highest BCUT2D eigenvalue weighted by atomic mass is 16.2. The highest BCUT2D eigenvalue weighted by Gasteiger charge is 2.28. The Hall–Kier alpha value is -3.20. The maximum atomic E-state index is 12.8. The van der Waals surface area contributed by atoms with E-state index in [-0.39, 0.29) is 19.0 Å². The van der Waals surface area contributed by atoms with Crippen molar-refractivity contribution in [3.8, 4) is 0 Å². The third-order valence-corrected chi connectivity index (χ3v) is 5.05. The van der Waals surface area contributed by atoms with Crippen LogP contribution in [0.25, 0.3) is 10.9 Å². The maximum absolute atomic E-state index is 12.8. The lowest BCUT2D eigenvalue weighted by Gasteiger charge is -2.25. The summed E-state index contributed by atoms with van der Waals surface area (Å²) in [5.41, 5.74) is 7.06. The number of benzene rings is 1. The van der Waals surface area contributed by atoms with Gasteiger partial charge in [-0.15, -0.1) is 0 Å². The van der Waals surface area contributed by atoms with Crippen LogP contribution in [-0.2, 0) is 25.6 Å². The lowest BCUT2D eigenvalue weighted by Crippen LogP contribution is -2.54. The van der Waals surface area contributed by atoms with Gasteiger partial charge in [0, 0.05) is 23.5 Å². The van der Waals surface area contributed by atoms with Crippen molar-refractivity contribution in [3.63, 3.8) is 0 Å². The molecule has 0 fully saturated rings. The van der Waals surface area contributed by atoms with Gasteiger partial charge in [0.15, 0.2) is 0 Å². The summed E-state index contributed by atoms with van der Waals surface area (Å²) in [5.74, 6) is -1.58. The zero-order valence-corrected chi connectivity index (χ0v) is 17.2. The number of amides is 3. The summed E-state index contributed by atoms with van der Waals surface area (Å²) in [6.45, 7) is 3.23. The van der Waals surface area contributed by atoms with E-state index < -0.39 is 29.8 Å². The van der Waals surface area contributed by atoms with Crippen LogP contribution >= 0.6 is 0 Å². The summed E-state index contributed by atoms with van der Waals surface area (Å²) in [6.07, 6.45) is 3.48. The zero-order chi connectivity index (χ0) is 22.1. The summed E-state index contributed by atoms with van der Waals surface area (Å²) in [7, 11) is 0. The number of rotatable bonds is 11. The molecule has 9 nitrogen and oxygen atoms in total. The van der Waals surface area contributed by atoms with Gasteiger partial charge >= 0.3 is 0 Å². The molecule has 1 aromatic carbocycles. The molecule has 0 spiro atoms. The molecule has 0 unspecified atom stereocenters. The number of aldehydes is 1. The fraction of sp³-hybridized carbons (Fsp3) is 0.429. The van der Waals surface area contributed by atoms with Gasteiger partial charge in [-0.25, -0.2) is 0 Å². The van der Waals surface area contributed by atoms with Crippen molar-refractivity contribution in [2.45, 2.75) is 38.8 Å². The van der Waals surface area contributed by atoms with Crippen LogP contribution in [0.5, 0.6) is 0 Å². The van der Waals surface area contributed by atoms with E-state index >= 15 is 0 Å². The fourth-order valence-corrected chi connectivity index (χ4v) is 3.12. The Labute approximate surface area is 175 Å². The number of fused-ring (bicyclic) bond motifs is 1. The van der Waals surface area contributed by atoms with E-state index in [2.05, 4.69) is 20.9 Å². The van der Waals surface area contributed by atoms with Crippen LogP contribution < -0.4 is 21.7 Å². The first kappa shape index (κ1) is 23.1. The monoisotopic (exact) mass is 415 g/mol. The van der Waals surface area contributed by atoms with Gasteiger partial charge in [-0.2, -0.15) is 0 Å². The smallest absolute Gasteiger partial charge is 0.243 e. The highest BCUT2D eigenvalue weighted by Crippen LogP contribution is 2.19. The number of nitrogens with two attached hydrogens (primary N) is 1. The van der Waals surface area contributed by atoms with Crippen LogP contribution in [-0.4, -0.2) is 54.2 Å². The number of para-hydroxylation sites is 1. The number of hydrogen-bond acceptors (Lipinski definition) is 5. The van der Waals surface area contributed by atoms with Crippen LogP contribution in [0.3, 0.4) is 0 Å². The van der Waals surface area contributed by atoms with Gasteiger partial charge in [-0.3, -0.25) is 14.4 Å². The van der Waals surface area contributed by atoms with Gasteiger partial charge in [0.25, 0.3) is 0 Å². The van der Waals surface area contributed by atoms with Crippen LogP contribution in [0.1, 0.15) is 25.8 Å². The third-order valence-electron chi connectivity index (χ3n) is 5.05. The Bertz CT molecular complexity index is 894. The lowest BCUT2D eigenvalue weighted by molar-refractivity contribution is -0.131. The van der Waals surface area contributed by atoms with Crippen molar-refractivity contribution >= 4 is 34.9 Å². The molecule has 9 heteroatoms. The quantitative estimate of drug-likeness (QED) is 0.328. The van der Waals surface area contributed by atoms with Crippen molar-refractivity contribution in [1.82, 2.24) is 20.9 Å². The molecular weight excluding hydrogens is 386 g/mol. The van der Waals surface area contributed by atoms with Crippen LogP contribution in [0.4, 0.5) is 0 Å². The number of aromatic amines is 1. The Morgan fingerprint density at radius 2 is 1.90 bits per heavy atom. The SMILES string of the molecule is CC[C@H](C)[C@H](NC(=O)CNC(=O)CN)C(=O)N[C@H](C=O)Cc1c[nH]c2ccccc12. The van der Waals surface area contributed by atoms with Gasteiger partial charge in [-0.1, -0.05) is 38.5 Å². The predicted octanol–water partition coefficient (Wildman–Crippen LogP) is -0.0001000. The van der Waals surface area contributed by atoms with Gasteiger partial charge in [0.05, 0.1) is 19.1 Å². The summed E-state index contributed by atoms with van der Waals surface area (Å²) < 4.78 is 0.